The number of carbonyl (C=O) groups is 1. The Hall–Kier alpha value is -3.69. The van der Waals surface area contributed by atoms with Crippen LogP contribution in [0.1, 0.15) is 16.7 Å². The van der Waals surface area contributed by atoms with Gasteiger partial charge in [-0.25, -0.2) is 4.98 Å². The number of halogens is 4. The Bertz CT molecular complexity index is 1050. The Labute approximate surface area is 174 Å². The number of aliphatic carboxylic acids is 1. The van der Waals surface area contributed by atoms with Crippen molar-refractivity contribution >= 4 is 17.5 Å². The molecule has 0 radical (unpaired) electrons. The average Bonchev–Trinajstić information content (AvgIpc) is 2.73. The van der Waals surface area contributed by atoms with Crippen LogP contribution in [0, 0.1) is 5.82 Å². The first kappa shape index (κ1) is 22.0. The van der Waals surface area contributed by atoms with Gasteiger partial charge in [0.2, 0.25) is 5.82 Å². The Kier molecular flexibility index (Phi) is 6.38. The summed E-state index contributed by atoms with van der Waals surface area (Å²) in [4.78, 5) is 19.6. The molecule has 3 aromatic rings. The number of carboxylic acids is 1. The molecular weight excluding hydrogens is 418 g/mol. The van der Waals surface area contributed by atoms with Crippen LogP contribution in [0.15, 0.2) is 54.9 Å². The van der Waals surface area contributed by atoms with Gasteiger partial charge >= 0.3 is 12.1 Å². The summed E-state index contributed by atoms with van der Waals surface area (Å²) < 4.78 is 58.4. The van der Waals surface area contributed by atoms with Gasteiger partial charge in [0.15, 0.2) is 5.82 Å². The van der Waals surface area contributed by atoms with Gasteiger partial charge in [-0.1, -0.05) is 24.3 Å². The number of alkyl halides is 3. The molecule has 0 atom stereocenters. The van der Waals surface area contributed by atoms with Crippen LogP contribution in [0.25, 0.3) is 0 Å². The topological polar surface area (TPSA) is 75.5 Å². The number of ether oxygens (including phenoxy) is 1. The largest absolute Gasteiger partial charge is 0.481 e. The summed E-state index contributed by atoms with van der Waals surface area (Å²) in [6.45, 7) is -0.0231. The monoisotopic (exact) mass is 435 g/mol. The number of rotatable bonds is 7. The third-order valence-corrected chi connectivity index (χ3v) is 4.39. The zero-order valence-electron chi connectivity index (χ0n) is 16.2. The van der Waals surface area contributed by atoms with E-state index in [1.165, 1.54) is 24.1 Å². The average molecular weight is 435 g/mol. The first-order valence-corrected chi connectivity index (χ1v) is 8.99. The normalized spacial score (nSPS) is 11.3. The van der Waals surface area contributed by atoms with Crippen LogP contribution in [0.3, 0.4) is 0 Å². The summed E-state index contributed by atoms with van der Waals surface area (Å²) in [6.07, 6.45) is -3.49. The summed E-state index contributed by atoms with van der Waals surface area (Å²) in [5.41, 5.74) is 0.770. The van der Waals surface area contributed by atoms with Gasteiger partial charge in [-0.05, 0) is 35.4 Å². The number of benzene rings is 2. The number of hydrogen-bond donors (Lipinski definition) is 1. The van der Waals surface area contributed by atoms with Gasteiger partial charge in [-0.2, -0.15) is 22.5 Å². The van der Waals surface area contributed by atoms with E-state index in [1.807, 2.05) is 0 Å². The number of anilines is 2. The summed E-state index contributed by atoms with van der Waals surface area (Å²) in [7, 11) is 1.46. The maximum atomic E-state index is 14.9. The second-order valence-corrected chi connectivity index (χ2v) is 6.60. The molecule has 162 valence electrons. The summed E-state index contributed by atoms with van der Waals surface area (Å²) in [5, 5.41) is 8.79. The van der Waals surface area contributed by atoms with Gasteiger partial charge in [0.1, 0.15) is 12.9 Å². The van der Waals surface area contributed by atoms with E-state index in [2.05, 4.69) is 9.97 Å². The van der Waals surface area contributed by atoms with Gasteiger partial charge in [-0.15, -0.1) is 0 Å². The molecule has 0 aliphatic rings. The number of hydrogen-bond acceptors (Lipinski definition) is 5. The lowest BCUT2D eigenvalue weighted by Gasteiger charge is -2.20. The van der Waals surface area contributed by atoms with Crippen molar-refractivity contribution in [3.8, 4) is 5.88 Å². The van der Waals surface area contributed by atoms with E-state index in [0.717, 1.165) is 18.5 Å². The highest BCUT2D eigenvalue weighted by molar-refractivity contribution is 5.70. The fraction of sp³-hybridized carbons (Fsp3) is 0.190. The van der Waals surface area contributed by atoms with Crippen LogP contribution < -0.4 is 9.64 Å². The third-order valence-electron chi connectivity index (χ3n) is 4.39. The van der Waals surface area contributed by atoms with Crippen LogP contribution in [-0.4, -0.2) is 28.1 Å². The van der Waals surface area contributed by atoms with E-state index in [4.69, 9.17) is 9.84 Å². The maximum Gasteiger partial charge on any atom is 0.416 e. The van der Waals surface area contributed by atoms with Gasteiger partial charge < -0.3 is 14.7 Å². The van der Waals surface area contributed by atoms with Crippen molar-refractivity contribution in [3.05, 3.63) is 77.4 Å². The highest BCUT2D eigenvalue weighted by Gasteiger charge is 2.30. The van der Waals surface area contributed by atoms with Crippen molar-refractivity contribution in [2.75, 3.05) is 11.9 Å². The minimum atomic E-state index is -4.47. The van der Waals surface area contributed by atoms with Crippen molar-refractivity contribution in [1.29, 1.82) is 0 Å². The van der Waals surface area contributed by atoms with E-state index in [1.54, 1.807) is 24.3 Å². The van der Waals surface area contributed by atoms with Gasteiger partial charge in [0.25, 0.3) is 5.88 Å². The molecule has 0 bridgehead atoms. The zero-order chi connectivity index (χ0) is 22.6. The molecule has 10 heteroatoms. The molecule has 6 nitrogen and oxygen atoms in total. The van der Waals surface area contributed by atoms with Crippen molar-refractivity contribution in [2.24, 2.45) is 0 Å². The molecule has 0 spiro atoms. The SMILES string of the molecule is CN(c1ccc(C(F)(F)F)cc1)c1ncnc(OCc2ccc(CC(=O)O)cc2)c1F. The molecular formula is C21H17F4N3O3. The molecule has 0 saturated heterocycles. The van der Waals surface area contributed by atoms with E-state index in [-0.39, 0.29) is 24.7 Å². The van der Waals surface area contributed by atoms with Crippen LogP contribution in [0.5, 0.6) is 5.88 Å². The number of nitrogens with zero attached hydrogens (tertiary/aromatic N) is 3. The summed E-state index contributed by atoms with van der Waals surface area (Å²) in [5.74, 6) is -2.30. The predicted octanol–water partition coefficient (Wildman–Crippen LogP) is 4.61. The van der Waals surface area contributed by atoms with E-state index in [9.17, 15) is 22.4 Å². The summed E-state index contributed by atoms with van der Waals surface area (Å²) >= 11 is 0. The molecule has 0 unspecified atom stereocenters. The van der Waals surface area contributed by atoms with Crippen molar-refractivity contribution < 1.29 is 32.2 Å². The molecule has 0 aliphatic carbocycles. The lowest BCUT2D eigenvalue weighted by atomic mass is 10.1. The molecule has 0 aliphatic heterocycles. The lowest BCUT2D eigenvalue weighted by molar-refractivity contribution is -0.138. The zero-order valence-corrected chi connectivity index (χ0v) is 16.2. The smallest absolute Gasteiger partial charge is 0.416 e. The number of carboxylic acid groups (broad SMARTS) is 1. The molecule has 1 aromatic heterocycles. The first-order chi connectivity index (χ1) is 14.6. The lowest BCUT2D eigenvalue weighted by Crippen LogP contribution is -2.15. The number of aromatic nitrogens is 2. The van der Waals surface area contributed by atoms with Crippen molar-refractivity contribution in [2.45, 2.75) is 19.2 Å². The minimum Gasteiger partial charge on any atom is -0.481 e. The molecule has 3 rings (SSSR count). The maximum absolute atomic E-state index is 14.9. The van der Waals surface area contributed by atoms with Crippen molar-refractivity contribution in [3.63, 3.8) is 0 Å². The molecule has 1 N–H and O–H groups in total. The fourth-order valence-corrected chi connectivity index (χ4v) is 2.76. The van der Waals surface area contributed by atoms with Gasteiger partial charge in [0, 0.05) is 12.7 Å². The van der Waals surface area contributed by atoms with Gasteiger partial charge in [0.05, 0.1) is 12.0 Å². The fourth-order valence-electron chi connectivity index (χ4n) is 2.76. The standard InChI is InChI=1S/C21H17F4N3O3/c1-28(16-8-6-15(7-9-16)21(23,24)25)19-18(22)20(27-12-26-19)31-11-14-4-2-13(3-5-14)10-17(29)30/h2-9,12H,10-11H2,1H3,(H,29,30). The second-order valence-electron chi connectivity index (χ2n) is 6.60. The highest BCUT2D eigenvalue weighted by Crippen LogP contribution is 2.33. The Morgan fingerprint density at radius 2 is 1.65 bits per heavy atom. The quantitative estimate of drug-likeness (QED) is 0.547. The Morgan fingerprint density at radius 3 is 2.23 bits per heavy atom. The van der Waals surface area contributed by atoms with Crippen LogP contribution in [0.4, 0.5) is 29.1 Å². The van der Waals surface area contributed by atoms with Crippen LogP contribution in [-0.2, 0) is 24.0 Å². The minimum absolute atomic E-state index is 0.0231. The van der Waals surface area contributed by atoms with E-state index >= 15 is 0 Å². The molecule has 2 aromatic carbocycles. The predicted molar refractivity (Wildman–Crippen MR) is 104 cm³/mol. The Balaban J connectivity index is 1.73. The summed E-state index contributed by atoms with van der Waals surface area (Å²) in [6, 6.07) is 10.8. The first-order valence-electron chi connectivity index (χ1n) is 8.99. The van der Waals surface area contributed by atoms with Crippen molar-refractivity contribution in [1.82, 2.24) is 9.97 Å². The van der Waals surface area contributed by atoms with Gasteiger partial charge in [-0.3, -0.25) is 4.79 Å². The van der Waals surface area contributed by atoms with E-state index in [0.29, 0.717) is 16.8 Å². The van der Waals surface area contributed by atoms with E-state index < -0.39 is 23.5 Å². The Morgan fingerprint density at radius 1 is 1.03 bits per heavy atom. The molecule has 0 amide bonds. The highest BCUT2D eigenvalue weighted by atomic mass is 19.4. The van der Waals surface area contributed by atoms with Crippen LogP contribution >= 0.6 is 0 Å². The molecule has 0 saturated carbocycles. The molecule has 1 heterocycles. The second kappa shape index (κ2) is 8.99. The van der Waals surface area contributed by atoms with Crippen LogP contribution in [0.2, 0.25) is 0 Å². The third kappa shape index (κ3) is 5.47. The molecule has 0 fully saturated rings. The molecule has 31 heavy (non-hydrogen) atoms.